The Kier molecular flexibility index (Phi) is 7.86. The molecular formula is C15H24ClNO. The first kappa shape index (κ1) is 15.3. The summed E-state index contributed by atoms with van der Waals surface area (Å²) in [5.74, 6) is 0.782. The van der Waals surface area contributed by atoms with Crippen molar-refractivity contribution in [1.82, 2.24) is 5.32 Å². The summed E-state index contributed by atoms with van der Waals surface area (Å²) in [5.41, 5.74) is 1.17. The minimum absolute atomic E-state index is 0.664. The first-order chi connectivity index (χ1) is 8.74. The average Bonchev–Trinajstić information content (AvgIpc) is 2.36. The second-order valence-corrected chi connectivity index (χ2v) is 5.00. The topological polar surface area (TPSA) is 21.3 Å². The molecule has 0 saturated carbocycles. The molecule has 3 heteroatoms. The van der Waals surface area contributed by atoms with E-state index in [2.05, 4.69) is 12.2 Å². The Hall–Kier alpha value is -0.730. The Labute approximate surface area is 116 Å². The minimum atomic E-state index is 0.664. The van der Waals surface area contributed by atoms with Gasteiger partial charge in [-0.05, 0) is 37.6 Å². The lowest BCUT2D eigenvalue weighted by Gasteiger charge is -2.09. The Morgan fingerprint density at radius 1 is 1.17 bits per heavy atom. The van der Waals surface area contributed by atoms with Gasteiger partial charge < -0.3 is 10.1 Å². The molecule has 1 aromatic carbocycles. The normalized spacial score (nSPS) is 10.6. The Morgan fingerprint density at radius 3 is 2.78 bits per heavy atom. The SMILES string of the molecule is CCCCCCNCCOc1cc(C)ccc1Cl. The molecule has 0 unspecified atom stereocenters. The van der Waals surface area contributed by atoms with Crippen LogP contribution in [0, 0.1) is 6.92 Å². The van der Waals surface area contributed by atoms with E-state index >= 15 is 0 Å². The monoisotopic (exact) mass is 269 g/mol. The summed E-state index contributed by atoms with van der Waals surface area (Å²) >= 11 is 6.05. The maximum Gasteiger partial charge on any atom is 0.138 e. The lowest BCUT2D eigenvalue weighted by Crippen LogP contribution is -2.22. The van der Waals surface area contributed by atoms with Gasteiger partial charge in [0.25, 0.3) is 0 Å². The first-order valence-electron chi connectivity index (χ1n) is 6.83. The minimum Gasteiger partial charge on any atom is -0.491 e. The number of hydrogen-bond donors (Lipinski definition) is 1. The second-order valence-electron chi connectivity index (χ2n) is 4.59. The highest BCUT2D eigenvalue weighted by Gasteiger charge is 2.00. The summed E-state index contributed by atoms with van der Waals surface area (Å²) < 4.78 is 5.65. The molecule has 0 heterocycles. The Bertz CT molecular complexity index is 341. The van der Waals surface area contributed by atoms with Gasteiger partial charge in [0.05, 0.1) is 5.02 Å². The molecule has 0 amide bonds. The fourth-order valence-corrected chi connectivity index (χ4v) is 1.93. The smallest absolute Gasteiger partial charge is 0.138 e. The number of hydrogen-bond acceptors (Lipinski definition) is 2. The fourth-order valence-electron chi connectivity index (χ4n) is 1.76. The number of unbranched alkanes of at least 4 members (excludes halogenated alkanes) is 3. The van der Waals surface area contributed by atoms with Gasteiger partial charge in [0.2, 0.25) is 0 Å². The molecule has 1 aromatic rings. The van der Waals surface area contributed by atoms with Crippen LogP contribution >= 0.6 is 11.6 Å². The Morgan fingerprint density at radius 2 is 2.00 bits per heavy atom. The highest BCUT2D eigenvalue weighted by molar-refractivity contribution is 6.32. The third-order valence-electron chi connectivity index (χ3n) is 2.83. The maximum absolute atomic E-state index is 6.05. The van der Waals surface area contributed by atoms with E-state index in [0.29, 0.717) is 11.6 Å². The van der Waals surface area contributed by atoms with Crippen molar-refractivity contribution in [3.05, 3.63) is 28.8 Å². The number of rotatable bonds is 9. The van der Waals surface area contributed by atoms with E-state index in [1.165, 1.54) is 31.2 Å². The third-order valence-corrected chi connectivity index (χ3v) is 3.14. The molecule has 0 bridgehead atoms. The molecular weight excluding hydrogens is 246 g/mol. The molecule has 0 fully saturated rings. The fraction of sp³-hybridized carbons (Fsp3) is 0.600. The van der Waals surface area contributed by atoms with Gasteiger partial charge in [0.15, 0.2) is 0 Å². The van der Waals surface area contributed by atoms with Gasteiger partial charge in [-0.15, -0.1) is 0 Å². The van der Waals surface area contributed by atoms with E-state index in [0.717, 1.165) is 18.8 Å². The molecule has 1 rings (SSSR count). The molecule has 0 spiro atoms. The third kappa shape index (κ3) is 6.27. The van der Waals surface area contributed by atoms with Gasteiger partial charge in [0, 0.05) is 6.54 Å². The summed E-state index contributed by atoms with van der Waals surface area (Å²) in [5, 5.41) is 4.06. The molecule has 0 aliphatic heterocycles. The van der Waals surface area contributed by atoms with Crippen LogP contribution in [0.15, 0.2) is 18.2 Å². The standard InChI is InChI=1S/C15H24ClNO/c1-3-4-5-6-9-17-10-11-18-15-12-13(2)7-8-14(15)16/h7-8,12,17H,3-6,9-11H2,1-2H3. The zero-order valence-corrected chi connectivity index (χ0v) is 12.2. The van der Waals surface area contributed by atoms with E-state index in [1.807, 2.05) is 25.1 Å². The lowest BCUT2D eigenvalue weighted by atomic mass is 10.2. The molecule has 102 valence electrons. The highest BCUT2D eigenvalue weighted by Crippen LogP contribution is 2.24. The van der Waals surface area contributed by atoms with Crippen molar-refractivity contribution >= 4 is 11.6 Å². The van der Waals surface area contributed by atoms with E-state index < -0.39 is 0 Å². The summed E-state index contributed by atoms with van der Waals surface area (Å²) in [7, 11) is 0. The molecule has 0 aliphatic carbocycles. The van der Waals surface area contributed by atoms with Gasteiger partial charge in [0.1, 0.15) is 12.4 Å². The largest absolute Gasteiger partial charge is 0.491 e. The van der Waals surface area contributed by atoms with Crippen LogP contribution in [-0.2, 0) is 0 Å². The van der Waals surface area contributed by atoms with E-state index in [4.69, 9.17) is 16.3 Å². The van der Waals surface area contributed by atoms with Crippen molar-refractivity contribution in [3.63, 3.8) is 0 Å². The number of benzene rings is 1. The zero-order valence-electron chi connectivity index (χ0n) is 11.5. The second kappa shape index (κ2) is 9.23. The molecule has 0 aromatic heterocycles. The molecule has 0 radical (unpaired) electrons. The van der Waals surface area contributed by atoms with Crippen LogP contribution in [0.1, 0.15) is 38.2 Å². The molecule has 2 nitrogen and oxygen atoms in total. The molecule has 0 saturated heterocycles. The van der Waals surface area contributed by atoms with Crippen LogP contribution in [0.5, 0.6) is 5.75 Å². The lowest BCUT2D eigenvalue weighted by molar-refractivity contribution is 0.313. The maximum atomic E-state index is 6.05. The van der Waals surface area contributed by atoms with Crippen molar-refractivity contribution in [3.8, 4) is 5.75 Å². The van der Waals surface area contributed by atoms with Gasteiger partial charge in [-0.1, -0.05) is 43.9 Å². The van der Waals surface area contributed by atoms with Gasteiger partial charge in [-0.25, -0.2) is 0 Å². The molecule has 0 aliphatic rings. The van der Waals surface area contributed by atoms with E-state index in [-0.39, 0.29) is 0 Å². The number of aryl methyl sites for hydroxylation is 1. The van der Waals surface area contributed by atoms with Crippen LogP contribution in [0.2, 0.25) is 5.02 Å². The molecule has 0 atom stereocenters. The van der Waals surface area contributed by atoms with Gasteiger partial charge in [-0.2, -0.15) is 0 Å². The van der Waals surface area contributed by atoms with Crippen LogP contribution in [-0.4, -0.2) is 19.7 Å². The van der Waals surface area contributed by atoms with Crippen LogP contribution in [0.25, 0.3) is 0 Å². The predicted molar refractivity (Wildman–Crippen MR) is 78.7 cm³/mol. The highest BCUT2D eigenvalue weighted by atomic mass is 35.5. The summed E-state index contributed by atoms with van der Waals surface area (Å²) in [6.07, 6.45) is 5.18. The molecule has 18 heavy (non-hydrogen) atoms. The number of ether oxygens (including phenoxy) is 1. The van der Waals surface area contributed by atoms with Crippen LogP contribution in [0.4, 0.5) is 0 Å². The predicted octanol–water partition coefficient (Wildman–Crippen LogP) is 4.20. The van der Waals surface area contributed by atoms with E-state index in [1.54, 1.807) is 0 Å². The first-order valence-corrected chi connectivity index (χ1v) is 7.21. The Balaban J connectivity index is 2.09. The van der Waals surface area contributed by atoms with Crippen molar-refractivity contribution in [1.29, 1.82) is 0 Å². The quantitative estimate of drug-likeness (QED) is 0.679. The average molecular weight is 270 g/mol. The van der Waals surface area contributed by atoms with Crippen LogP contribution in [0.3, 0.4) is 0 Å². The van der Waals surface area contributed by atoms with Gasteiger partial charge >= 0.3 is 0 Å². The van der Waals surface area contributed by atoms with Crippen molar-refractivity contribution < 1.29 is 4.74 Å². The van der Waals surface area contributed by atoms with Gasteiger partial charge in [-0.3, -0.25) is 0 Å². The van der Waals surface area contributed by atoms with Crippen LogP contribution < -0.4 is 10.1 Å². The van der Waals surface area contributed by atoms with E-state index in [9.17, 15) is 0 Å². The summed E-state index contributed by atoms with van der Waals surface area (Å²) in [6, 6.07) is 5.84. The zero-order chi connectivity index (χ0) is 13.2. The summed E-state index contributed by atoms with van der Waals surface area (Å²) in [4.78, 5) is 0. The van der Waals surface area contributed by atoms with Crippen molar-refractivity contribution in [2.24, 2.45) is 0 Å². The number of nitrogens with one attached hydrogen (secondary N) is 1. The van der Waals surface area contributed by atoms with Crippen molar-refractivity contribution in [2.45, 2.75) is 39.5 Å². The summed E-state index contributed by atoms with van der Waals surface area (Å²) in [6.45, 7) is 6.88. The van der Waals surface area contributed by atoms with Crippen molar-refractivity contribution in [2.75, 3.05) is 19.7 Å². The molecule has 1 N–H and O–H groups in total. The number of halogens is 1.